The minimum Gasteiger partial charge on any atom is -0.464 e. The first-order chi connectivity index (χ1) is 13.7. The third kappa shape index (κ3) is 5.41. The first-order valence-electron chi connectivity index (χ1n) is 8.86. The predicted molar refractivity (Wildman–Crippen MR) is 101 cm³/mol. The number of carbonyl (C=O) groups excluding carboxylic acids is 1. The van der Waals surface area contributed by atoms with Crippen LogP contribution in [0.4, 0.5) is 9.59 Å². The Kier molecular flexibility index (Phi) is 5.62. The maximum absolute atomic E-state index is 12.3. The highest BCUT2D eigenvalue weighted by atomic mass is 16.6. The van der Waals surface area contributed by atoms with E-state index in [1.54, 1.807) is 20.8 Å². The predicted octanol–water partition coefficient (Wildman–Crippen LogP) is 3.27. The van der Waals surface area contributed by atoms with E-state index in [0.717, 1.165) is 10.1 Å². The molecule has 2 heterocycles. The van der Waals surface area contributed by atoms with E-state index in [1.165, 1.54) is 12.5 Å². The average Bonchev–Trinajstić information content (AvgIpc) is 3.30. The van der Waals surface area contributed by atoms with Crippen LogP contribution in [-0.4, -0.2) is 42.6 Å². The van der Waals surface area contributed by atoms with Gasteiger partial charge in [-0.2, -0.15) is 4.98 Å². The molecule has 2 N–H and O–H groups in total. The molecule has 0 spiro atoms. The molecule has 1 amide bonds. The van der Waals surface area contributed by atoms with Crippen LogP contribution in [0.15, 0.2) is 47.4 Å². The van der Waals surface area contributed by atoms with Crippen molar-refractivity contribution in [3.63, 3.8) is 0 Å². The molecule has 0 aliphatic rings. The quantitative estimate of drug-likeness (QED) is 0.668. The summed E-state index contributed by atoms with van der Waals surface area (Å²) >= 11 is 0. The molecule has 0 saturated carbocycles. The number of benzene rings is 1. The summed E-state index contributed by atoms with van der Waals surface area (Å²) < 4.78 is 11.6. The highest BCUT2D eigenvalue weighted by Gasteiger charge is 2.26. The Morgan fingerprint density at radius 3 is 2.62 bits per heavy atom. The molecule has 10 nitrogen and oxygen atoms in total. The summed E-state index contributed by atoms with van der Waals surface area (Å²) in [5.74, 6) is 0.521. The van der Waals surface area contributed by atoms with Crippen LogP contribution in [0.3, 0.4) is 0 Å². The Morgan fingerprint density at radius 2 is 2.00 bits per heavy atom. The first kappa shape index (κ1) is 20.1. The monoisotopic (exact) mass is 399 g/mol. The maximum atomic E-state index is 12.3. The second kappa shape index (κ2) is 8.13. The van der Waals surface area contributed by atoms with Crippen LogP contribution in [-0.2, 0) is 11.2 Å². The van der Waals surface area contributed by atoms with Crippen molar-refractivity contribution in [2.45, 2.75) is 38.8 Å². The SMILES string of the molecule is CC(C)(C)OC(=O)N[C@@H](Cc1cn(C(=O)O)cn1)c1nc(-c2ccccc2)no1. The molecule has 0 unspecified atom stereocenters. The fourth-order valence-electron chi connectivity index (χ4n) is 2.51. The van der Waals surface area contributed by atoms with Gasteiger partial charge in [-0.3, -0.25) is 0 Å². The molecule has 1 atom stereocenters. The van der Waals surface area contributed by atoms with Crippen molar-refractivity contribution in [3.8, 4) is 11.4 Å². The van der Waals surface area contributed by atoms with E-state index in [0.29, 0.717) is 11.5 Å². The van der Waals surface area contributed by atoms with Crippen LogP contribution in [0.25, 0.3) is 11.4 Å². The number of aromatic nitrogens is 4. The molecule has 152 valence electrons. The lowest BCUT2D eigenvalue weighted by atomic mass is 10.1. The molecule has 0 bridgehead atoms. The van der Waals surface area contributed by atoms with E-state index in [2.05, 4.69) is 20.4 Å². The molecule has 3 rings (SSSR count). The van der Waals surface area contributed by atoms with Gasteiger partial charge in [-0.1, -0.05) is 35.5 Å². The smallest absolute Gasteiger partial charge is 0.416 e. The maximum Gasteiger partial charge on any atom is 0.416 e. The number of ether oxygens (including phenoxy) is 1. The van der Waals surface area contributed by atoms with Gasteiger partial charge < -0.3 is 19.7 Å². The number of carbonyl (C=O) groups is 2. The molecule has 2 aromatic heterocycles. The normalized spacial score (nSPS) is 12.4. The largest absolute Gasteiger partial charge is 0.464 e. The standard InChI is InChI=1S/C19H21N5O5/c1-19(2,3)28-17(25)21-14(9-13-10-24(11-20-13)18(26)27)16-22-15(23-29-16)12-7-5-4-6-8-12/h4-8,10-11,14H,9H2,1-3H3,(H,21,25)(H,26,27)/t14-/m0/s1. The van der Waals surface area contributed by atoms with E-state index in [4.69, 9.17) is 14.4 Å². The number of hydrogen-bond donors (Lipinski definition) is 2. The third-order valence-electron chi connectivity index (χ3n) is 3.73. The summed E-state index contributed by atoms with van der Waals surface area (Å²) in [6.07, 6.45) is 0.825. The lowest BCUT2D eigenvalue weighted by molar-refractivity contribution is 0.0493. The lowest BCUT2D eigenvalue weighted by Crippen LogP contribution is -2.36. The molecule has 0 radical (unpaired) electrons. The van der Waals surface area contributed by atoms with Crippen LogP contribution < -0.4 is 5.32 Å². The van der Waals surface area contributed by atoms with E-state index >= 15 is 0 Å². The number of amides is 1. The molecule has 0 aliphatic carbocycles. The minimum absolute atomic E-state index is 0.135. The van der Waals surface area contributed by atoms with Crippen molar-refractivity contribution in [3.05, 3.63) is 54.4 Å². The number of alkyl carbamates (subject to hydrolysis) is 1. The fraction of sp³-hybridized carbons (Fsp3) is 0.316. The van der Waals surface area contributed by atoms with Gasteiger partial charge in [0.1, 0.15) is 18.0 Å². The zero-order valence-electron chi connectivity index (χ0n) is 16.2. The van der Waals surface area contributed by atoms with Gasteiger partial charge in [-0.15, -0.1) is 0 Å². The van der Waals surface area contributed by atoms with Gasteiger partial charge in [0.05, 0.1) is 5.69 Å². The third-order valence-corrected chi connectivity index (χ3v) is 3.73. The van der Waals surface area contributed by atoms with Crippen LogP contribution in [0.1, 0.15) is 38.4 Å². The number of hydrogen-bond acceptors (Lipinski definition) is 7. The first-order valence-corrected chi connectivity index (χ1v) is 8.86. The summed E-state index contributed by atoms with van der Waals surface area (Å²) in [4.78, 5) is 31.8. The van der Waals surface area contributed by atoms with E-state index < -0.39 is 23.8 Å². The Bertz CT molecular complexity index is 990. The number of nitrogens with zero attached hydrogens (tertiary/aromatic N) is 4. The minimum atomic E-state index is -1.16. The van der Waals surface area contributed by atoms with Crippen LogP contribution in [0.2, 0.25) is 0 Å². The van der Waals surface area contributed by atoms with Gasteiger partial charge in [0.25, 0.3) is 0 Å². The molecule has 0 fully saturated rings. The Labute approximate surface area is 166 Å². The average molecular weight is 399 g/mol. The van der Waals surface area contributed by atoms with Crippen molar-refractivity contribution in [2.75, 3.05) is 0 Å². The summed E-state index contributed by atoms with van der Waals surface area (Å²) in [6, 6.07) is 8.47. The van der Waals surface area contributed by atoms with Gasteiger partial charge in [-0.05, 0) is 20.8 Å². The van der Waals surface area contributed by atoms with Crippen molar-refractivity contribution in [2.24, 2.45) is 0 Å². The molecule has 3 aromatic rings. The summed E-state index contributed by atoms with van der Waals surface area (Å²) in [5, 5.41) is 15.7. The number of carboxylic acid groups (broad SMARTS) is 1. The lowest BCUT2D eigenvalue weighted by Gasteiger charge is -2.21. The topological polar surface area (TPSA) is 132 Å². The van der Waals surface area contributed by atoms with Crippen LogP contribution in [0.5, 0.6) is 0 Å². The Balaban J connectivity index is 1.84. The summed E-state index contributed by atoms with van der Waals surface area (Å²) in [7, 11) is 0. The van der Waals surface area contributed by atoms with Crippen molar-refractivity contribution >= 4 is 12.2 Å². The molecule has 1 aromatic carbocycles. The highest BCUT2D eigenvalue weighted by Crippen LogP contribution is 2.21. The van der Waals surface area contributed by atoms with Crippen molar-refractivity contribution in [1.29, 1.82) is 0 Å². The van der Waals surface area contributed by atoms with Gasteiger partial charge in [0.2, 0.25) is 11.7 Å². The molecule has 10 heteroatoms. The van der Waals surface area contributed by atoms with Gasteiger partial charge in [-0.25, -0.2) is 19.1 Å². The van der Waals surface area contributed by atoms with Crippen LogP contribution >= 0.6 is 0 Å². The fourth-order valence-corrected chi connectivity index (χ4v) is 2.51. The number of nitrogens with one attached hydrogen (secondary N) is 1. The zero-order valence-corrected chi connectivity index (χ0v) is 16.2. The molecule has 0 aliphatic heterocycles. The van der Waals surface area contributed by atoms with Gasteiger partial charge in [0.15, 0.2) is 0 Å². The molecule has 29 heavy (non-hydrogen) atoms. The molecule has 0 saturated heterocycles. The second-order valence-corrected chi connectivity index (χ2v) is 7.28. The Hall–Kier alpha value is -3.69. The molecular weight excluding hydrogens is 378 g/mol. The Morgan fingerprint density at radius 1 is 1.28 bits per heavy atom. The van der Waals surface area contributed by atoms with E-state index in [-0.39, 0.29) is 12.3 Å². The van der Waals surface area contributed by atoms with E-state index in [9.17, 15) is 9.59 Å². The van der Waals surface area contributed by atoms with E-state index in [1.807, 2.05) is 30.3 Å². The number of rotatable bonds is 5. The van der Waals surface area contributed by atoms with Crippen LogP contribution in [0, 0.1) is 0 Å². The highest BCUT2D eigenvalue weighted by molar-refractivity contribution is 5.68. The second-order valence-electron chi connectivity index (χ2n) is 7.28. The summed E-state index contributed by atoms with van der Waals surface area (Å²) in [5.41, 5.74) is 0.491. The molecular formula is C19H21N5O5. The summed E-state index contributed by atoms with van der Waals surface area (Å²) in [6.45, 7) is 5.24. The van der Waals surface area contributed by atoms with Crippen molar-refractivity contribution < 1.29 is 24.0 Å². The van der Waals surface area contributed by atoms with Gasteiger partial charge >= 0.3 is 12.2 Å². The van der Waals surface area contributed by atoms with Gasteiger partial charge in [0, 0.05) is 18.2 Å². The zero-order chi connectivity index (χ0) is 21.0. The van der Waals surface area contributed by atoms with Crippen molar-refractivity contribution in [1.82, 2.24) is 25.0 Å². The number of imidazole rings is 1.